The summed E-state index contributed by atoms with van der Waals surface area (Å²) in [5.41, 5.74) is 3.49. The average molecular weight is 358 g/mol. The van der Waals surface area contributed by atoms with Crippen LogP contribution in [0.4, 0.5) is 17.3 Å². The standard InChI is InChI=1S/C18H14N8O/c19-6-15-14(21-8-11-3-4-20-7-11)5-12(9-22-15)24-18-23-10-16-13(26-18)1-2-17(27)25-16/h1-2,5,7-10,21H,3-4H2,(H,25,27)(H,23,24,26). The van der Waals surface area contributed by atoms with Gasteiger partial charge in [0.2, 0.25) is 11.5 Å². The van der Waals surface area contributed by atoms with Crippen molar-refractivity contribution in [3.63, 3.8) is 0 Å². The minimum atomic E-state index is -0.208. The monoisotopic (exact) mass is 358 g/mol. The summed E-state index contributed by atoms with van der Waals surface area (Å²) in [6.45, 7) is 0.781. The zero-order chi connectivity index (χ0) is 18.6. The van der Waals surface area contributed by atoms with Crippen LogP contribution in [0.25, 0.3) is 11.0 Å². The number of H-pyrrole nitrogens is 1. The van der Waals surface area contributed by atoms with E-state index in [9.17, 15) is 10.1 Å². The first-order valence-electron chi connectivity index (χ1n) is 8.20. The molecule has 1 aliphatic heterocycles. The van der Waals surface area contributed by atoms with E-state index < -0.39 is 0 Å². The lowest BCUT2D eigenvalue weighted by Gasteiger charge is -2.09. The Morgan fingerprint density at radius 1 is 1.26 bits per heavy atom. The molecule has 0 spiro atoms. The van der Waals surface area contributed by atoms with Gasteiger partial charge in [-0.05, 0) is 24.1 Å². The molecule has 0 saturated heterocycles. The van der Waals surface area contributed by atoms with Gasteiger partial charge in [0.1, 0.15) is 6.07 Å². The summed E-state index contributed by atoms with van der Waals surface area (Å²) >= 11 is 0. The molecule has 9 heteroatoms. The summed E-state index contributed by atoms with van der Waals surface area (Å²) in [6.07, 6.45) is 7.57. The maximum atomic E-state index is 11.3. The third kappa shape index (κ3) is 3.64. The van der Waals surface area contributed by atoms with Gasteiger partial charge in [0.15, 0.2) is 5.69 Å². The zero-order valence-corrected chi connectivity index (χ0v) is 14.1. The summed E-state index contributed by atoms with van der Waals surface area (Å²) in [5, 5.41) is 15.4. The van der Waals surface area contributed by atoms with E-state index >= 15 is 0 Å². The lowest BCUT2D eigenvalue weighted by atomic mass is 10.2. The number of nitrogens with zero attached hydrogens (tertiary/aromatic N) is 5. The highest BCUT2D eigenvalue weighted by molar-refractivity contribution is 5.81. The van der Waals surface area contributed by atoms with Crippen LogP contribution in [-0.4, -0.2) is 32.7 Å². The van der Waals surface area contributed by atoms with Crippen LogP contribution >= 0.6 is 0 Å². The summed E-state index contributed by atoms with van der Waals surface area (Å²) in [4.78, 5) is 30.9. The van der Waals surface area contributed by atoms with Crippen molar-refractivity contribution in [2.75, 3.05) is 17.2 Å². The van der Waals surface area contributed by atoms with E-state index in [-0.39, 0.29) is 11.3 Å². The average Bonchev–Trinajstić information content (AvgIpc) is 3.20. The molecule has 0 fully saturated rings. The minimum absolute atomic E-state index is 0.208. The van der Waals surface area contributed by atoms with Crippen LogP contribution in [0.5, 0.6) is 0 Å². The van der Waals surface area contributed by atoms with E-state index in [0.717, 1.165) is 18.5 Å². The Labute approximate surface area is 153 Å². The third-order valence-corrected chi connectivity index (χ3v) is 3.92. The highest BCUT2D eigenvalue weighted by Crippen LogP contribution is 2.21. The molecule has 4 rings (SSSR count). The Balaban J connectivity index is 1.60. The molecule has 0 unspecified atom stereocenters. The van der Waals surface area contributed by atoms with Gasteiger partial charge in [-0.2, -0.15) is 5.26 Å². The van der Waals surface area contributed by atoms with Crippen molar-refractivity contribution in [3.05, 3.63) is 58.4 Å². The van der Waals surface area contributed by atoms with Crippen LogP contribution in [0, 0.1) is 11.3 Å². The normalized spacial score (nSPS) is 14.4. The van der Waals surface area contributed by atoms with E-state index in [1.165, 1.54) is 18.5 Å². The number of aliphatic imine (C=N–C) groups is 1. The summed E-state index contributed by atoms with van der Waals surface area (Å²) < 4.78 is 0. The number of fused-ring (bicyclic) bond motifs is 1. The Kier molecular flexibility index (Phi) is 4.29. The smallest absolute Gasteiger partial charge is 0.248 e. The molecule has 0 saturated carbocycles. The van der Waals surface area contributed by atoms with Gasteiger partial charge in [-0.1, -0.05) is 0 Å². The van der Waals surface area contributed by atoms with Crippen LogP contribution in [0.1, 0.15) is 12.1 Å². The first kappa shape index (κ1) is 16.4. The van der Waals surface area contributed by atoms with Gasteiger partial charge in [-0.25, -0.2) is 15.0 Å². The lowest BCUT2D eigenvalue weighted by molar-refractivity contribution is 1.04. The molecule has 0 bridgehead atoms. The SMILES string of the molecule is N#Cc1ncc(Nc2ncc3[nH]c(=O)ccc3n2)cc1NC=C1C=NCC1. The molecule has 4 heterocycles. The molecule has 1 aliphatic rings. The molecular formula is C18H14N8O. The quantitative estimate of drug-likeness (QED) is 0.650. The van der Waals surface area contributed by atoms with Crippen LogP contribution in [0.2, 0.25) is 0 Å². The largest absolute Gasteiger partial charge is 0.359 e. The second kappa shape index (κ2) is 7.05. The number of hydrogen-bond donors (Lipinski definition) is 3. The zero-order valence-electron chi connectivity index (χ0n) is 14.1. The predicted octanol–water partition coefficient (Wildman–Crippen LogP) is 2.10. The number of nitriles is 1. The second-order valence-electron chi connectivity index (χ2n) is 5.82. The van der Waals surface area contributed by atoms with Gasteiger partial charge in [-0.3, -0.25) is 9.79 Å². The van der Waals surface area contributed by atoms with E-state index in [1.807, 2.05) is 12.4 Å². The lowest BCUT2D eigenvalue weighted by Crippen LogP contribution is -2.05. The van der Waals surface area contributed by atoms with Crippen molar-refractivity contribution in [2.24, 2.45) is 4.99 Å². The highest BCUT2D eigenvalue weighted by Gasteiger charge is 2.08. The molecule has 0 aliphatic carbocycles. The predicted molar refractivity (Wildman–Crippen MR) is 102 cm³/mol. The van der Waals surface area contributed by atoms with Crippen molar-refractivity contribution >= 4 is 34.6 Å². The molecule has 3 aromatic rings. The fourth-order valence-corrected chi connectivity index (χ4v) is 2.59. The molecule has 3 aromatic heterocycles. The van der Waals surface area contributed by atoms with Gasteiger partial charge in [0.05, 0.1) is 34.8 Å². The van der Waals surface area contributed by atoms with E-state index in [0.29, 0.717) is 28.4 Å². The van der Waals surface area contributed by atoms with Crippen LogP contribution in [0.3, 0.4) is 0 Å². The van der Waals surface area contributed by atoms with Gasteiger partial charge < -0.3 is 15.6 Å². The van der Waals surface area contributed by atoms with Gasteiger partial charge >= 0.3 is 0 Å². The van der Waals surface area contributed by atoms with E-state index in [4.69, 9.17) is 0 Å². The summed E-state index contributed by atoms with van der Waals surface area (Å²) in [5.74, 6) is 0.355. The van der Waals surface area contributed by atoms with E-state index in [1.54, 1.807) is 12.1 Å². The number of aromatic amines is 1. The Morgan fingerprint density at radius 3 is 3.00 bits per heavy atom. The second-order valence-corrected chi connectivity index (χ2v) is 5.82. The fraction of sp³-hybridized carbons (Fsp3) is 0.111. The third-order valence-electron chi connectivity index (χ3n) is 3.92. The number of hydrogen-bond acceptors (Lipinski definition) is 8. The maximum absolute atomic E-state index is 11.3. The molecule has 0 amide bonds. The molecule has 132 valence electrons. The molecule has 3 N–H and O–H groups in total. The first-order chi connectivity index (χ1) is 13.2. The van der Waals surface area contributed by atoms with Crippen molar-refractivity contribution in [1.82, 2.24) is 19.9 Å². The van der Waals surface area contributed by atoms with Crippen molar-refractivity contribution in [3.8, 4) is 6.07 Å². The van der Waals surface area contributed by atoms with Crippen molar-refractivity contribution in [1.29, 1.82) is 5.26 Å². The molecule has 0 aromatic carbocycles. The topological polar surface area (TPSA) is 132 Å². The van der Waals surface area contributed by atoms with Crippen molar-refractivity contribution < 1.29 is 0 Å². The Bertz CT molecular complexity index is 1170. The Hall–Kier alpha value is -4.06. The number of aromatic nitrogens is 4. The van der Waals surface area contributed by atoms with Crippen LogP contribution in [-0.2, 0) is 0 Å². The number of rotatable bonds is 4. The number of anilines is 3. The summed E-state index contributed by atoms with van der Waals surface area (Å²) in [6, 6.07) is 6.85. The molecule has 0 radical (unpaired) electrons. The van der Waals surface area contributed by atoms with Gasteiger partial charge in [0, 0.05) is 25.0 Å². The molecular weight excluding hydrogens is 344 g/mol. The van der Waals surface area contributed by atoms with Crippen LogP contribution in [0.15, 0.2) is 52.2 Å². The van der Waals surface area contributed by atoms with E-state index in [2.05, 4.69) is 41.6 Å². The first-order valence-corrected chi connectivity index (χ1v) is 8.20. The van der Waals surface area contributed by atoms with Crippen molar-refractivity contribution in [2.45, 2.75) is 6.42 Å². The fourth-order valence-electron chi connectivity index (χ4n) is 2.59. The highest BCUT2D eigenvalue weighted by atomic mass is 16.1. The molecule has 27 heavy (non-hydrogen) atoms. The molecule has 9 nitrogen and oxygen atoms in total. The number of nitrogens with one attached hydrogen (secondary N) is 3. The van der Waals surface area contributed by atoms with Gasteiger partial charge in [0.25, 0.3) is 0 Å². The van der Waals surface area contributed by atoms with Gasteiger partial charge in [-0.15, -0.1) is 0 Å². The number of pyridine rings is 2. The Morgan fingerprint density at radius 2 is 2.19 bits per heavy atom. The minimum Gasteiger partial charge on any atom is -0.359 e. The maximum Gasteiger partial charge on any atom is 0.248 e. The summed E-state index contributed by atoms with van der Waals surface area (Å²) in [7, 11) is 0. The molecule has 0 atom stereocenters. The van der Waals surface area contributed by atoms with Crippen LogP contribution < -0.4 is 16.2 Å².